The summed E-state index contributed by atoms with van der Waals surface area (Å²) in [5.41, 5.74) is 1.87. The van der Waals surface area contributed by atoms with Crippen LogP contribution < -0.4 is 0 Å². The summed E-state index contributed by atoms with van der Waals surface area (Å²) < 4.78 is 0. The molecule has 3 nitrogen and oxygen atoms in total. The highest BCUT2D eigenvalue weighted by Gasteiger charge is 2.15. The van der Waals surface area contributed by atoms with E-state index in [2.05, 4.69) is 0 Å². The summed E-state index contributed by atoms with van der Waals surface area (Å²) >= 11 is 16.1. The Bertz CT molecular complexity index is 492. The fourth-order valence-electron chi connectivity index (χ4n) is 1.70. The van der Waals surface area contributed by atoms with Gasteiger partial charge >= 0.3 is 0 Å². The molecule has 0 bridgehead atoms. The first-order valence-corrected chi connectivity index (χ1v) is 6.61. The first-order valence-electron chi connectivity index (χ1n) is 5.48. The zero-order chi connectivity index (χ0) is 14.6. The van der Waals surface area contributed by atoms with Gasteiger partial charge in [0.1, 0.15) is 0 Å². The van der Waals surface area contributed by atoms with Gasteiger partial charge in [-0.3, -0.25) is 14.4 Å². The maximum absolute atomic E-state index is 11.2. The molecule has 1 atom stereocenters. The van der Waals surface area contributed by atoms with Crippen molar-refractivity contribution in [2.45, 2.75) is 25.7 Å². The molecule has 1 rings (SSSR count). The molecule has 1 aromatic rings. The Morgan fingerprint density at radius 2 is 1.37 bits per heavy atom. The lowest BCUT2D eigenvalue weighted by Crippen LogP contribution is -2.06. The van der Waals surface area contributed by atoms with E-state index in [0.29, 0.717) is 16.7 Å². The molecule has 0 radical (unpaired) electrons. The molecule has 1 unspecified atom stereocenters. The van der Waals surface area contributed by atoms with E-state index < -0.39 is 21.6 Å². The van der Waals surface area contributed by atoms with E-state index in [4.69, 9.17) is 34.8 Å². The molecule has 102 valence electrons. The molecule has 0 N–H and O–H groups in total. The molecule has 0 spiro atoms. The minimum absolute atomic E-state index is 0.0159. The Labute approximate surface area is 125 Å². The molecule has 0 aliphatic carbocycles. The highest BCUT2D eigenvalue weighted by atomic mass is 35.5. The minimum atomic E-state index is -0.531. The second kappa shape index (κ2) is 7.04. The van der Waals surface area contributed by atoms with Crippen molar-refractivity contribution >= 4 is 50.5 Å². The summed E-state index contributed by atoms with van der Waals surface area (Å²) in [6.07, 6.45) is 0.0319. The average Bonchev–Trinajstić information content (AvgIpc) is 2.25. The minimum Gasteiger partial charge on any atom is -0.281 e. The Kier molecular flexibility index (Phi) is 5.98. The Morgan fingerprint density at radius 1 is 0.947 bits per heavy atom. The lowest BCUT2D eigenvalue weighted by atomic mass is 9.95. The van der Waals surface area contributed by atoms with E-state index in [0.717, 1.165) is 0 Å². The molecular formula is C13H11Cl3O3. The predicted octanol–water partition coefficient (Wildman–Crippen LogP) is 3.17. The zero-order valence-corrected chi connectivity index (χ0v) is 12.4. The quantitative estimate of drug-likeness (QED) is 0.756. The molecule has 6 heteroatoms. The third-order valence-corrected chi connectivity index (χ3v) is 3.20. The highest BCUT2D eigenvalue weighted by molar-refractivity contribution is 6.65. The predicted molar refractivity (Wildman–Crippen MR) is 74.8 cm³/mol. The topological polar surface area (TPSA) is 51.2 Å². The standard InChI is InChI=1S/C13H11Cl3O3/c1-7(13(16)19)10-3-8(5-11(14)17)2-9(4-10)6-12(15)18/h2-4,7H,5-6H2,1H3. The molecule has 0 aliphatic rings. The van der Waals surface area contributed by atoms with Gasteiger partial charge in [-0.05, 0) is 51.5 Å². The summed E-state index contributed by atoms with van der Waals surface area (Å²) in [5.74, 6) is -0.531. The number of hydrogen-bond donors (Lipinski definition) is 0. The maximum atomic E-state index is 11.2. The highest BCUT2D eigenvalue weighted by Crippen LogP contribution is 2.22. The normalized spacial score (nSPS) is 12.0. The molecule has 0 aliphatic heterocycles. The third kappa shape index (κ3) is 5.31. The van der Waals surface area contributed by atoms with Crippen molar-refractivity contribution in [1.29, 1.82) is 0 Å². The van der Waals surface area contributed by atoms with Crippen molar-refractivity contribution in [2.75, 3.05) is 0 Å². The first kappa shape index (κ1) is 16.2. The second-order valence-corrected chi connectivity index (χ2v) is 5.39. The van der Waals surface area contributed by atoms with Crippen LogP contribution in [0.15, 0.2) is 18.2 Å². The fourth-order valence-corrected chi connectivity index (χ4v) is 2.13. The Morgan fingerprint density at radius 3 is 1.68 bits per heavy atom. The van der Waals surface area contributed by atoms with Crippen LogP contribution in [0.5, 0.6) is 0 Å². The van der Waals surface area contributed by atoms with E-state index in [-0.39, 0.29) is 12.8 Å². The number of benzene rings is 1. The van der Waals surface area contributed by atoms with Gasteiger partial charge in [0.25, 0.3) is 0 Å². The molecule has 0 saturated carbocycles. The smallest absolute Gasteiger partial charge is 0.228 e. The van der Waals surface area contributed by atoms with Gasteiger partial charge in [0, 0.05) is 12.8 Å². The lowest BCUT2D eigenvalue weighted by Gasteiger charge is -2.11. The fraction of sp³-hybridized carbons (Fsp3) is 0.308. The van der Waals surface area contributed by atoms with Crippen molar-refractivity contribution in [3.8, 4) is 0 Å². The van der Waals surface area contributed by atoms with Gasteiger partial charge in [-0.25, -0.2) is 0 Å². The largest absolute Gasteiger partial charge is 0.281 e. The zero-order valence-electron chi connectivity index (χ0n) is 10.1. The van der Waals surface area contributed by atoms with Crippen LogP contribution in [0.3, 0.4) is 0 Å². The third-order valence-electron chi connectivity index (χ3n) is 2.60. The average molecular weight is 322 g/mol. The maximum Gasteiger partial charge on any atom is 0.228 e. The van der Waals surface area contributed by atoms with E-state index in [9.17, 15) is 14.4 Å². The van der Waals surface area contributed by atoms with Gasteiger partial charge < -0.3 is 0 Å². The van der Waals surface area contributed by atoms with Crippen molar-refractivity contribution in [1.82, 2.24) is 0 Å². The van der Waals surface area contributed by atoms with Crippen LogP contribution in [0, 0.1) is 0 Å². The Balaban J connectivity index is 3.18. The van der Waals surface area contributed by atoms with Crippen LogP contribution in [-0.2, 0) is 27.2 Å². The summed E-state index contributed by atoms with van der Waals surface area (Å²) in [7, 11) is 0. The summed E-state index contributed by atoms with van der Waals surface area (Å²) in [4.78, 5) is 33.1. The van der Waals surface area contributed by atoms with E-state index in [1.165, 1.54) is 0 Å². The van der Waals surface area contributed by atoms with Crippen molar-refractivity contribution in [3.05, 3.63) is 34.9 Å². The van der Waals surface area contributed by atoms with E-state index in [1.54, 1.807) is 25.1 Å². The van der Waals surface area contributed by atoms with Gasteiger partial charge in [-0.15, -0.1) is 0 Å². The van der Waals surface area contributed by atoms with E-state index in [1.807, 2.05) is 0 Å². The van der Waals surface area contributed by atoms with Gasteiger partial charge in [0.2, 0.25) is 15.7 Å². The molecule has 1 aromatic carbocycles. The SMILES string of the molecule is CC(C(=O)Cl)c1cc(CC(=O)Cl)cc(CC(=O)Cl)c1. The van der Waals surface area contributed by atoms with Crippen LogP contribution in [0.25, 0.3) is 0 Å². The molecule has 0 fully saturated rings. The number of hydrogen-bond acceptors (Lipinski definition) is 3. The summed E-state index contributed by atoms with van der Waals surface area (Å²) in [6, 6.07) is 5.01. The molecule has 0 amide bonds. The van der Waals surface area contributed by atoms with Crippen molar-refractivity contribution in [3.63, 3.8) is 0 Å². The van der Waals surface area contributed by atoms with Crippen molar-refractivity contribution < 1.29 is 14.4 Å². The number of halogens is 3. The summed E-state index contributed by atoms with van der Waals surface area (Å²) in [6.45, 7) is 1.64. The molecule has 0 heterocycles. The van der Waals surface area contributed by atoms with Crippen LogP contribution >= 0.6 is 34.8 Å². The van der Waals surface area contributed by atoms with Gasteiger partial charge in [-0.1, -0.05) is 25.1 Å². The van der Waals surface area contributed by atoms with Crippen LogP contribution in [0.4, 0.5) is 0 Å². The van der Waals surface area contributed by atoms with Crippen LogP contribution in [-0.4, -0.2) is 15.7 Å². The van der Waals surface area contributed by atoms with Crippen LogP contribution in [0.2, 0.25) is 0 Å². The number of carbonyl (C=O) groups excluding carboxylic acids is 3. The lowest BCUT2D eigenvalue weighted by molar-refractivity contribution is -0.113. The van der Waals surface area contributed by atoms with Gasteiger partial charge in [0.05, 0.1) is 5.92 Å². The van der Waals surface area contributed by atoms with Gasteiger partial charge in [-0.2, -0.15) is 0 Å². The first-order chi connectivity index (χ1) is 8.79. The molecule has 0 aromatic heterocycles. The van der Waals surface area contributed by atoms with Gasteiger partial charge in [0.15, 0.2) is 0 Å². The van der Waals surface area contributed by atoms with Crippen molar-refractivity contribution in [2.24, 2.45) is 0 Å². The number of carbonyl (C=O) groups is 3. The second-order valence-electron chi connectivity index (χ2n) is 4.17. The Hall–Kier alpha value is -0.900. The molecular weight excluding hydrogens is 310 g/mol. The molecule has 0 saturated heterocycles. The van der Waals surface area contributed by atoms with Crippen LogP contribution in [0.1, 0.15) is 29.5 Å². The monoisotopic (exact) mass is 320 g/mol. The molecule has 19 heavy (non-hydrogen) atoms. The van der Waals surface area contributed by atoms with E-state index >= 15 is 0 Å². The number of rotatable bonds is 6. The summed E-state index contributed by atoms with van der Waals surface area (Å²) in [5, 5.41) is -1.56.